The number of anilines is 1. The fourth-order valence-electron chi connectivity index (χ4n) is 2.51. The van der Waals surface area contributed by atoms with Crippen LogP contribution in [-0.4, -0.2) is 35.7 Å². The average molecular weight is 301 g/mol. The van der Waals surface area contributed by atoms with Crippen LogP contribution in [0.5, 0.6) is 0 Å². The van der Waals surface area contributed by atoms with Crippen LogP contribution in [0.25, 0.3) is 11.4 Å². The van der Waals surface area contributed by atoms with E-state index >= 15 is 0 Å². The number of ether oxygens (including phenoxy) is 1. The van der Waals surface area contributed by atoms with Gasteiger partial charge in [0.2, 0.25) is 17.6 Å². The zero-order chi connectivity index (χ0) is 15.7. The minimum absolute atomic E-state index is 0.100. The lowest BCUT2D eigenvalue weighted by atomic mass is 10.1. The largest absolute Gasteiger partial charge is 0.469 e. The maximum Gasteiger partial charge on any atom is 0.311 e. The third-order valence-corrected chi connectivity index (χ3v) is 3.60. The summed E-state index contributed by atoms with van der Waals surface area (Å²) in [5.74, 6) is 0.0603. The lowest BCUT2D eigenvalue weighted by Crippen LogP contribution is -2.26. The van der Waals surface area contributed by atoms with Crippen molar-refractivity contribution in [2.45, 2.75) is 13.3 Å². The second kappa shape index (κ2) is 5.59. The molecule has 1 saturated heterocycles. The second-order valence-electron chi connectivity index (χ2n) is 5.12. The first kappa shape index (κ1) is 14.2. The Morgan fingerprint density at radius 2 is 2.27 bits per heavy atom. The van der Waals surface area contributed by atoms with E-state index < -0.39 is 5.92 Å². The summed E-state index contributed by atoms with van der Waals surface area (Å²) >= 11 is 0. The smallest absolute Gasteiger partial charge is 0.311 e. The van der Waals surface area contributed by atoms with Crippen LogP contribution < -0.4 is 4.90 Å². The van der Waals surface area contributed by atoms with Crippen molar-refractivity contribution >= 4 is 17.6 Å². The van der Waals surface area contributed by atoms with Gasteiger partial charge in [-0.3, -0.25) is 9.59 Å². The minimum atomic E-state index is -0.423. The van der Waals surface area contributed by atoms with E-state index in [0.29, 0.717) is 23.9 Å². The van der Waals surface area contributed by atoms with Gasteiger partial charge < -0.3 is 14.2 Å². The van der Waals surface area contributed by atoms with Crippen LogP contribution in [0.1, 0.15) is 12.3 Å². The molecule has 2 heterocycles. The lowest BCUT2D eigenvalue weighted by molar-refractivity contribution is -0.145. The normalized spacial score (nSPS) is 17.8. The minimum Gasteiger partial charge on any atom is -0.469 e. The number of hydrogen-bond acceptors (Lipinski definition) is 6. The summed E-state index contributed by atoms with van der Waals surface area (Å²) < 4.78 is 9.68. The zero-order valence-electron chi connectivity index (χ0n) is 12.3. The maximum absolute atomic E-state index is 12.1. The first-order valence-corrected chi connectivity index (χ1v) is 6.87. The highest BCUT2D eigenvalue weighted by Gasteiger charge is 2.35. The highest BCUT2D eigenvalue weighted by molar-refractivity contribution is 5.99. The predicted molar refractivity (Wildman–Crippen MR) is 76.9 cm³/mol. The van der Waals surface area contributed by atoms with Crippen LogP contribution in [0.15, 0.2) is 28.8 Å². The molecule has 3 rings (SSSR count). The Kier molecular flexibility index (Phi) is 3.62. The number of aryl methyl sites for hydroxylation is 1. The molecule has 1 aliphatic heterocycles. The Bertz CT molecular complexity index is 725. The number of benzene rings is 1. The molecule has 0 aliphatic carbocycles. The molecule has 2 aromatic rings. The molecule has 1 aromatic heterocycles. The number of aromatic nitrogens is 2. The summed E-state index contributed by atoms with van der Waals surface area (Å²) in [5, 5.41) is 3.87. The summed E-state index contributed by atoms with van der Waals surface area (Å²) in [4.78, 5) is 29.5. The van der Waals surface area contributed by atoms with E-state index in [-0.39, 0.29) is 18.3 Å². The first-order valence-electron chi connectivity index (χ1n) is 6.87. The Morgan fingerprint density at radius 1 is 1.45 bits per heavy atom. The van der Waals surface area contributed by atoms with Gasteiger partial charge in [0.05, 0.1) is 13.0 Å². The third-order valence-electron chi connectivity index (χ3n) is 3.60. The topological polar surface area (TPSA) is 85.5 Å². The van der Waals surface area contributed by atoms with Crippen molar-refractivity contribution in [3.8, 4) is 11.4 Å². The number of esters is 1. The monoisotopic (exact) mass is 301 g/mol. The molecule has 7 nitrogen and oxygen atoms in total. The molecule has 1 fully saturated rings. The molecule has 7 heteroatoms. The van der Waals surface area contributed by atoms with E-state index in [2.05, 4.69) is 10.1 Å². The highest BCUT2D eigenvalue weighted by Crippen LogP contribution is 2.28. The summed E-state index contributed by atoms with van der Waals surface area (Å²) in [7, 11) is 1.33. The van der Waals surface area contributed by atoms with Crippen molar-refractivity contribution in [3.05, 3.63) is 30.2 Å². The van der Waals surface area contributed by atoms with Gasteiger partial charge in [-0.1, -0.05) is 17.3 Å². The molecule has 114 valence electrons. The number of nitrogens with zero attached hydrogens (tertiary/aromatic N) is 3. The summed E-state index contributed by atoms with van der Waals surface area (Å²) in [6.45, 7) is 2.03. The van der Waals surface area contributed by atoms with Crippen LogP contribution in [-0.2, 0) is 14.3 Å². The van der Waals surface area contributed by atoms with Crippen LogP contribution in [0, 0.1) is 12.8 Å². The average Bonchev–Trinajstić information content (AvgIpc) is 3.13. The van der Waals surface area contributed by atoms with Crippen LogP contribution in [0.4, 0.5) is 5.69 Å². The van der Waals surface area contributed by atoms with Gasteiger partial charge >= 0.3 is 5.97 Å². The Balaban J connectivity index is 1.86. The number of hydrogen-bond donors (Lipinski definition) is 0. The number of amides is 1. The van der Waals surface area contributed by atoms with Crippen molar-refractivity contribution in [2.75, 3.05) is 18.6 Å². The standard InChI is InChI=1S/C15H15N3O4/c1-9-16-14(17-22-9)10-4-3-5-12(6-10)18-8-11(7-13(18)19)15(20)21-2/h3-6,11H,7-8H2,1-2H3. The van der Waals surface area contributed by atoms with E-state index in [4.69, 9.17) is 9.26 Å². The van der Waals surface area contributed by atoms with Gasteiger partial charge in [-0.2, -0.15) is 4.98 Å². The SMILES string of the molecule is COC(=O)C1CC(=O)N(c2cccc(-c3noc(C)n3)c2)C1. The third kappa shape index (κ3) is 2.57. The van der Waals surface area contributed by atoms with E-state index in [1.54, 1.807) is 11.8 Å². The van der Waals surface area contributed by atoms with E-state index in [0.717, 1.165) is 5.56 Å². The molecule has 0 bridgehead atoms. The summed E-state index contributed by atoms with van der Waals surface area (Å²) in [6, 6.07) is 7.27. The molecule has 1 unspecified atom stereocenters. The van der Waals surface area contributed by atoms with Crippen molar-refractivity contribution in [1.82, 2.24) is 10.1 Å². The lowest BCUT2D eigenvalue weighted by Gasteiger charge is -2.16. The van der Waals surface area contributed by atoms with Crippen LogP contribution in [0.3, 0.4) is 0 Å². The molecule has 0 saturated carbocycles. The van der Waals surface area contributed by atoms with Gasteiger partial charge in [0, 0.05) is 31.1 Å². The molecule has 1 aromatic carbocycles. The maximum atomic E-state index is 12.1. The summed E-state index contributed by atoms with van der Waals surface area (Å²) in [6.07, 6.45) is 0.165. The Morgan fingerprint density at radius 3 is 2.95 bits per heavy atom. The first-order chi connectivity index (χ1) is 10.6. The predicted octanol–water partition coefficient (Wildman–Crippen LogP) is 1.57. The Hall–Kier alpha value is -2.70. The second-order valence-corrected chi connectivity index (χ2v) is 5.12. The number of carbonyl (C=O) groups is 2. The summed E-state index contributed by atoms with van der Waals surface area (Å²) in [5.41, 5.74) is 1.46. The van der Waals surface area contributed by atoms with Gasteiger partial charge in [0.1, 0.15) is 0 Å². The van der Waals surface area contributed by atoms with Gasteiger partial charge in [-0.05, 0) is 12.1 Å². The number of rotatable bonds is 3. The zero-order valence-corrected chi connectivity index (χ0v) is 12.3. The number of methoxy groups -OCH3 is 1. The molecular formula is C15H15N3O4. The van der Waals surface area contributed by atoms with E-state index in [1.807, 2.05) is 24.3 Å². The van der Waals surface area contributed by atoms with Crippen molar-refractivity contribution in [3.63, 3.8) is 0 Å². The molecule has 1 aliphatic rings. The molecule has 22 heavy (non-hydrogen) atoms. The Labute approximate surface area is 126 Å². The van der Waals surface area contributed by atoms with Crippen molar-refractivity contribution in [1.29, 1.82) is 0 Å². The molecule has 0 N–H and O–H groups in total. The fourth-order valence-corrected chi connectivity index (χ4v) is 2.51. The fraction of sp³-hybridized carbons (Fsp3) is 0.333. The van der Waals surface area contributed by atoms with Crippen LogP contribution in [0.2, 0.25) is 0 Å². The van der Waals surface area contributed by atoms with E-state index in [1.165, 1.54) is 7.11 Å². The van der Waals surface area contributed by atoms with Crippen LogP contribution >= 0.6 is 0 Å². The van der Waals surface area contributed by atoms with Gasteiger partial charge in [0.15, 0.2) is 0 Å². The number of carbonyl (C=O) groups excluding carboxylic acids is 2. The molecule has 1 atom stereocenters. The van der Waals surface area contributed by atoms with Crippen molar-refractivity contribution in [2.24, 2.45) is 5.92 Å². The highest BCUT2D eigenvalue weighted by atomic mass is 16.5. The van der Waals surface area contributed by atoms with Gasteiger partial charge in [-0.25, -0.2) is 0 Å². The molecule has 0 spiro atoms. The molecule has 1 amide bonds. The van der Waals surface area contributed by atoms with Gasteiger partial charge in [0.25, 0.3) is 0 Å². The van der Waals surface area contributed by atoms with Gasteiger partial charge in [-0.15, -0.1) is 0 Å². The quantitative estimate of drug-likeness (QED) is 0.800. The molecule has 0 radical (unpaired) electrons. The van der Waals surface area contributed by atoms with E-state index in [9.17, 15) is 9.59 Å². The molecular weight excluding hydrogens is 286 g/mol. The van der Waals surface area contributed by atoms with Crippen molar-refractivity contribution < 1.29 is 18.8 Å².